The first-order valence-corrected chi connectivity index (χ1v) is 8.71. The molecule has 1 nitrogen and oxygen atoms in total. The summed E-state index contributed by atoms with van der Waals surface area (Å²) in [5.41, 5.74) is 9.85. The third-order valence-electron chi connectivity index (χ3n) is 5.85. The number of hydrogen-bond donors (Lipinski definition) is 0. The maximum absolute atomic E-state index is 4.70. The smallest absolute Gasteiger partial charge is 0.0707 e. The monoisotopic (exact) mass is 307 g/mol. The Kier molecular flexibility index (Phi) is 3.66. The molecule has 23 heavy (non-hydrogen) atoms. The van der Waals surface area contributed by atoms with Crippen LogP contribution in [0, 0.1) is 20.8 Å². The predicted molar refractivity (Wildman–Crippen MR) is 99.2 cm³/mol. The summed E-state index contributed by atoms with van der Waals surface area (Å²) in [6.07, 6.45) is 4.50. The van der Waals surface area contributed by atoms with Crippen LogP contribution in [0.15, 0.2) is 24.4 Å². The summed E-state index contributed by atoms with van der Waals surface area (Å²) in [4.78, 5) is 4.70. The number of benzene rings is 1. The fourth-order valence-electron chi connectivity index (χ4n) is 3.77. The molecule has 0 fully saturated rings. The van der Waals surface area contributed by atoms with Gasteiger partial charge < -0.3 is 0 Å². The van der Waals surface area contributed by atoms with E-state index in [1.165, 1.54) is 46.2 Å². The summed E-state index contributed by atoms with van der Waals surface area (Å²) in [7, 11) is 0. The lowest BCUT2D eigenvalue weighted by molar-refractivity contribution is 0.332. The summed E-state index contributed by atoms with van der Waals surface area (Å²) in [5.74, 6) is 0. The molecule has 1 aliphatic rings. The van der Waals surface area contributed by atoms with Gasteiger partial charge in [-0.25, -0.2) is 0 Å². The highest BCUT2D eigenvalue weighted by Gasteiger charge is 2.37. The highest BCUT2D eigenvalue weighted by molar-refractivity contribution is 5.68. The van der Waals surface area contributed by atoms with E-state index >= 15 is 0 Å². The van der Waals surface area contributed by atoms with Crippen LogP contribution in [0.25, 0.3) is 11.3 Å². The molecule has 0 N–H and O–H groups in total. The Balaban J connectivity index is 2.23. The summed E-state index contributed by atoms with van der Waals surface area (Å²) < 4.78 is 0. The van der Waals surface area contributed by atoms with Crippen LogP contribution in [0.4, 0.5) is 0 Å². The molecule has 1 heteroatoms. The highest BCUT2D eigenvalue weighted by atomic mass is 14.7. The van der Waals surface area contributed by atoms with E-state index in [1.807, 2.05) is 6.20 Å². The zero-order chi connectivity index (χ0) is 17.0. The molecule has 0 bridgehead atoms. The van der Waals surface area contributed by atoms with Gasteiger partial charge in [0.1, 0.15) is 0 Å². The first-order chi connectivity index (χ1) is 10.6. The molecule has 1 aromatic carbocycles. The lowest BCUT2D eigenvalue weighted by atomic mass is 9.62. The fourth-order valence-corrected chi connectivity index (χ4v) is 3.77. The normalized spacial score (nSPS) is 18.6. The first-order valence-electron chi connectivity index (χ1n) is 8.71. The van der Waals surface area contributed by atoms with Crippen molar-refractivity contribution in [1.29, 1.82) is 0 Å². The molecular formula is C22H29N. The van der Waals surface area contributed by atoms with E-state index in [4.69, 9.17) is 4.98 Å². The predicted octanol–water partition coefficient (Wildman–Crippen LogP) is 6.02. The molecule has 3 rings (SSSR count). The van der Waals surface area contributed by atoms with Crippen molar-refractivity contribution in [3.63, 3.8) is 0 Å². The van der Waals surface area contributed by atoms with Crippen LogP contribution in [0.5, 0.6) is 0 Å². The Hall–Kier alpha value is -1.63. The highest BCUT2D eigenvalue weighted by Crippen LogP contribution is 2.47. The average Bonchev–Trinajstić information content (AvgIpc) is 2.47. The van der Waals surface area contributed by atoms with Gasteiger partial charge in [0.05, 0.1) is 5.69 Å². The van der Waals surface area contributed by atoms with E-state index in [0.29, 0.717) is 0 Å². The quantitative estimate of drug-likeness (QED) is 0.627. The van der Waals surface area contributed by atoms with Gasteiger partial charge in [0.15, 0.2) is 0 Å². The van der Waals surface area contributed by atoms with Crippen molar-refractivity contribution in [1.82, 2.24) is 4.98 Å². The van der Waals surface area contributed by atoms with Crippen molar-refractivity contribution in [2.24, 2.45) is 0 Å². The second-order valence-corrected chi connectivity index (χ2v) is 8.63. The number of rotatable bonds is 1. The Morgan fingerprint density at radius 1 is 0.739 bits per heavy atom. The zero-order valence-electron chi connectivity index (χ0n) is 15.7. The standard InChI is InChI=1S/C22H29N/c1-14-11-20(23-13-16(14)3)17-12-19-18(10-15(17)2)21(4,5)8-9-22(19,6)7/h10-13H,8-9H2,1-7H3. The van der Waals surface area contributed by atoms with E-state index in [2.05, 4.69) is 66.7 Å². The van der Waals surface area contributed by atoms with Crippen molar-refractivity contribution >= 4 is 0 Å². The molecule has 122 valence electrons. The van der Waals surface area contributed by atoms with Gasteiger partial charge in [0.2, 0.25) is 0 Å². The van der Waals surface area contributed by atoms with E-state index in [-0.39, 0.29) is 10.8 Å². The number of hydrogen-bond acceptors (Lipinski definition) is 1. The lowest BCUT2D eigenvalue weighted by Crippen LogP contribution is -2.34. The number of fused-ring (bicyclic) bond motifs is 1. The maximum atomic E-state index is 4.70. The van der Waals surface area contributed by atoms with Gasteiger partial charge in [0, 0.05) is 11.8 Å². The van der Waals surface area contributed by atoms with Gasteiger partial charge in [0.25, 0.3) is 0 Å². The minimum absolute atomic E-state index is 0.243. The molecule has 0 amide bonds. The van der Waals surface area contributed by atoms with Gasteiger partial charge in [-0.05, 0) is 84.4 Å². The van der Waals surface area contributed by atoms with E-state index < -0.39 is 0 Å². The van der Waals surface area contributed by atoms with Crippen molar-refractivity contribution < 1.29 is 0 Å². The minimum atomic E-state index is 0.243. The van der Waals surface area contributed by atoms with Crippen LogP contribution in [-0.2, 0) is 10.8 Å². The second kappa shape index (κ2) is 5.19. The largest absolute Gasteiger partial charge is 0.256 e. The third kappa shape index (κ3) is 2.71. The van der Waals surface area contributed by atoms with Crippen molar-refractivity contribution in [2.75, 3.05) is 0 Å². The molecule has 2 aromatic rings. The van der Waals surface area contributed by atoms with Gasteiger partial charge in [-0.2, -0.15) is 0 Å². The Morgan fingerprint density at radius 3 is 1.87 bits per heavy atom. The van der Waals surface area contributed by atoms with Crippen LogP contribution in [-0.4, -0.2) is 4.98 Å². The maximum Gasteiger partial charge on any atom is 0.0707 e. The molecule has 0 unspecified atom stereocenters. The Bertz CT molecular complexity index is 766. The first kappa shape index (κ1) is 16.2. The number of aromatic nitrogens is 1. The topological polar surface area (TPSA) is 12.9 Å². The zero-order valence-corrected chi connectivity index (χ0v) is 15.7. The summed E-state index contributed by atoms with van der Waals surface area (Å²) in [6.45, 7) is 16.0. The van der Waals surface area contributed by atoms with Crippen LogP contribution in [0.3, 0.4) is 0 Å². The van der Waals surface area contributed by atoms with Crippen LogP contribution in [0.2, 0.25) is 0 Å². The van der Waals surface area contributed by atoms with Gasteiger partial charge in [-0.15, -0.1) is 0 Å². The Labute approximate surface area is 141 Å². The van der Waals surface area contributed by atoms with E-state index in [9.17, 15) is 0 Å². The lowest BCUT2D eigenvalue weighted by Gasteiger charge is -2.42. The van der Waals surface area contributed by atoms with Crippen molar-refractivity contribution in [3.8, 4) is 11.3 Å². The second-order valence-electron chi connectivity index (χ2n) is 8.63. The average molecular weight is 307 g/mol. The number of aryl methyl sites for hydroxylation is 3. The van der Waals surface area contributed by atoms with E-state index in [1.54, 1.807) is 0 Å². The molecule has 0 saturated carbocycles. The van der Waals surface area contributed by atoms with Gasteiger partial charge in [-0.1, -0.05) is 33.8 Å². The number of nitrogens with zero attached hydrogens (tertiary/aromatic N) is 1. The van der Waals surface area contributed by atoms with Crippen LogP contribution in [0.1, 0.15) is 68.4 Å². The SMILES string of the molecule is Cc1cnc(-c2cc3c(cc2C)C(C)(C)CCC3(C)C)cc1C. The summed E-state index contributed by atoms with van der Waals surface area (Å²) in [5, 5.41) is 0. The van der Waals surface area contributed by atoms with Gasteiger partial charge in [-0.3, -0.25) is 4.98 Å². The molecular weight excluding hydrogens is 278 g/mol. The number of pyridine rings is 1. The van der Waals surface area contributed by atoms with Crippen molar-refractivity contribution in [2.45, 2.75) is 72.1 Å². The molecule has 0 atom stereocenters. The fraction of sp³-hybridized carbons (Fsp3) is 0.500. The van der Waals surface area contributed by atoms with Crippen molar-refractivity contribution in [3.05, 3.63) is 52.2 Å². The molecule has 1 heterocycles. The Morgan fingerprint density at radius 2 is 1.30 bits per heavy atom. The third-order valence-corrected chi connectivity index (χ3v) is 5.85. The summed E-state index contributed by atoms with van der Waals surface area (Å²) in [6, 6.07) is 7.07. The molecule has 0 saturated heterocycles. The molecule has 1 aliphatic carbocycles. The van der Waals surface area contributed by atoms with E-state index in [0.717, 1.165) is 5.69 Å². The molecule has 0 radical (unpaired) electrons. The van der Waals surface area contributed by atoms with Crippen LogP contribution < -0.4 is 0 Å². The minimum Gasteiger partial charge on any atom is -0.256 e. The van der Waals surface area contributed by atoms with Gasteiger partial charge >= 0.3 is 0 Å². The van der Waals surface area contributed by atoms with Crippen LogP contribution >= 0.6 is 0 Å². The summed E-state index contributed by atoms with van der Waals surface area (Å²) >= 11 is 0. The molecule has 1 aromatic heterocycles. The molecule has 0 spiro atoms. The molecule has 0 aliphatic heterocycles.